The van der Waals surface area contributed by atoms with Gasteiger partial charge >= 0.3 is 12.1 Å². The van der Waals surface area contributed by atoms with Gasteiger partial charge in [0.15, 0.2) is 0 Å². The lowest BCUT2D eigenvalue weighted by atomic mass is 9.93. The molecular formula is C28H34N2O5. The van der Waals surface area contributed by atoms with E-state index < -0.39 is 29.6 Å². The van der Waals surface area contributed by atoms with Gasteiger partial charge in [0.1, 0.15) is 18.2 Å². The Kier molecular flexibility index (Phi) is 7.15. The molecule has 1 fully saturated rings. The Morgan fingerprint density at radius 2 is 1.57 bits per heavy atom. The van der Waals surface area contributed by atoms with Gasteiger partial charge in [0.2, 0.25) is 5.91 Å². The molecule has 0 radical (unpaired) electrons. The number of hydrogen-bond acceptors (Lipinski definition) is 4. The van der Waals surface area contributed by atoms with Crippen molar-refractivity contribution in [2.75, 3.05) is 13.7 Å². The summed E-state index contributed by atoms with van der Waals surface area (Å²) in [6.45, 7) is 4.07. The third kappa shape index (κ3) is 4.77. The van der Waals surface area contributed by atoms with Crippen molar-refractivity contribution >= 4 is 18.0 Å². The lowest BCUT2D eigenvalue weighted by Gasteiger charge is -2.37. The summed E-state index contributed by atoms with van der Waals surface area (Å²) in [6.07, 6.45) is 2.09. The normalized spacial score (nSPS) is 16.9. The molecule has 35 heavy (non-hydrogen) atoms. The van der Waals surface area contributed by atoms with Crippen molar-refractivity contribution in [3.05, 3.63) is 59.7 Å². The quantitative estimate of drug-likeness (QED) is 0.568. The molecule has 0 bridgehead atoms. The van der Waals surface area contributed by atoms with Crippen LogP contribution in [0.1, 0.15) is 63.0 Å². The van der Waals surface area contributed by atoms with Crippen molar-refractivity contribution in [3.63, 3.8) is 0 Å². The van der Waals surface area contributed by atoms with E-state index in [2.05, 4.69) is 17.4 Å². The summed E-state index contributed by atoms with van der Waals surface area (Å²) in [5.41, 5.74) is 3.29. The summed E-state index contributed by atoms with van der Waals surface area (Å²) < 4.78 is 5.64. The zero-order valence-electron chi connectivity index (χ0n) is 20.6. The van der Waals surface area contributed by atoms with E-state index in [4.69, 9.17) is 4.74 Å². The summed E-state index contributed by atoms with van der Waals surface area (Å²) in [5.74, 6) is -1.34. The third-order valence-electron chi connectivity index (χ3n) is 7.44. The predicted molar refractivity (Wildman–Crippen MR) is 133 cm³/mol. The number of aliphatic carboxylic acids is 1. The van der Waals surface area contributed by atoms with Crippen molar-refractivity contribution in [2.45, 2.75) is 63.5 Å². The van der Waals surface area contributed by atoms with Crippen molar-refractivity contribution in [2.24, 2.45) is 5.92 Å². The van der Waals surface area contributed by atoms with Gasteiger partial charge in [-0.05, 0) is 47.4 Å². The number of rotatable bonds is 8. The largest absolute Gasteiger partial charge is 0.479 e. The van der Waals surface area contributed by atoms with Crippen LogP contribution in [0.25, 0.3) is 11.1 Å². The number of nitrogens with zero attached hydrogens (tertiary/aromatic N) is 1. The number of ether oxygens (including phenoxy) is 1. The van der Waals surface area contributed by atoms with Gasteiger partial charge in [-0.1, -0.05) is 75.2 Å². The maximum Gasteiger partial charge on any atom is 0.407 e. The number of amides is 2. The molecule has 0 unspecified atom stereocenters. The van der Waals surface area contributed by atoms with Crippen LogP contribution in [0.15, 0.2) is 48.5 Å². The molecule has 186 valence electrons. The minimum Gasteiger partial charge on any atom is -0.479 e. The van der Waals surface area contributed by atoms with Gasteiger partial charge < -0.3 is 20.1 Å². The number of carbonyl (C=O) groups excluding carboxylic acids is 2. The standard InChI is InChI=1S/C28H34N2O5/c1-18(2)16-24(25(31)30(3)28(26(32)33)14-8-9-15-28)29-27(34)35-17-23-21-12-6-4-10-19(21)20-11-5-7-13-22(20)23/h4-7,10-13,18,23-24H,8-9,14-17H2,1-3H3,(H,29,34)(H,32,33)/t24-/m0/s1. The molecule has 2 aliphatic rings. The smallest absolute Gasteiger partial charge is 0.407 e. The SMILES string of the molecule is CC(C)C[C@H](NC(=O)OCC1c2ccccc2-c2ccccc21)C(=O)N(C)C1(C(=O)O)CCCC1. The van der Waals surface area contributed by atoms with Crippen LogP contribution in [0.3, 0.4) is 0 Å². The van der Waals surface area contributed by atoms with Crippen LogP contribution >= 0.6 is 0 Å². The van der Waals surface area contributed by atoms with Crippen LogP contribution < -0.4 is 5.32 Å². The molecule has 1 atom stereocenters. The summed E-state index contributed by atoms with van der Waals surface area (Å²) in [5, 5.41) is 12.6. The minimum absolute atomic E-state index is 0.0798. The molecule has 2 aromatic carbocycles. The number of benzene rings is 2. The van der Waals surface area contributed by atoms with E-state index >= 15 is 0 Å². The molecule has 0 aliphatic heterocycles. The molecule has 2 aromatic rings. The van der Waals surface area contributed by atoms with Crippen molar-refractivity contribution in [1.82, 2.24) is 10.2 Å². The first-order chi connectivity index (χ1) is 16.7. The topological polar surface area (TPSA) is 95.9 Å². The van der Waals surface area contributed by atoms with E-state index in [9.17, 15) is 19.5 Å². The van der Waals surface area contributed by atoms with Crippen molar-refractivity contribution in [3.8, 4) is 11.1 Å². The Morgan fingerprint density at radius 1 is 1.03 bits per heavy atom. The molecule has 7 nitrogen and oxygen atoms in total. The second-order valence-electron chi connectivity index (χ2n) is 10.1. The maximum absolute atomic E-state index is 13.4. The Hall–Kier alpha value is -3.35. The lowest BCUT2D eigenvalue weighted by molar-refractivity contribution is -0.158. The van der Waals surface area contributed by atoms with Crippen LogP contribution in [0.2, 0.25) is 0 Å². The van der Waals surface area contributed by atoms with Gasteiger partial charge in [0, 0.05) is 13.0 Å². The fraction of sp³-hybridized carbons (Fsp3) is 0.464. The van der Waals surface area contributed by atoms with Crippen molar-refractivity contribution in [1.29, 1.82) is 0 Å². The highest BCUT2D eigenvalue weighted by molar-refractivity contribution is 5.91. The van der Waals surface area contributed by atoms with Gasteiger partial charge in [0.05, 0.1) is 0 Å². The molecule has 0 spiro atoms. The molecule has 4 rings (SSSR count). The molecule has 7 heteroatoms. The molecular weight excluding hydrogens is 444 g/mol. The Bertz CT molecular complexity index is 1060. The van der Waals surface area contributed by atoms with E-state index in [1.165, 1.54) is 11.9 Å². The molecule has 2 N–H and O–H groups in total. The second-order valence-corrected chi connectivity index (χ2v) is 10.1. The highest BCUT2D eigenvalue weighted by Crippen LogP contribution is 2.44. The molecule has 2 aliphatic carbocycles. The van der Waals surface area contributed by atoms with Gasteiger partial charge in [-0.15, -0.1) is 0 Å². The number of carboxylic acid groups (broad SMARTS) is 1. The Balaban J connectivity index is 1.46. The van der Waals surface area contributed by atoms with Crippen LogP contribution in [0, 0.1) is 5.92 Å². The average molecular weight is 479 g/mol. The average Bonchev–Trinajstić information content (AvgIpc) is 3.46. The fourth-order valence-corrected chi connectivity index (χ4v) is 5.57. The number of carbonyl (C=O) groups is 3. The predicted octanol–water partition coefficient (Wildman–Crippen LogP) is 4.80. The van der Waals surface area contributed by atoms with E-state index in [1.54, 1.807) is 0 Å². The first kappa shape index (κ1) is 24.8. The monoisotopic (exact) mass is 478 g/mol. The first-order valence-electron chi connectivity index (χ1n) is 12.4. The number of nitrogens with one attached hydrogen (secondary N) is 1. The summed E-state index contributed by atoms with van der Waals surface area (Å²) in [4.78, 5) is 39.7. The van der Waals surface area contributed by atoms with Gasteiger partial charge in [0.25, 0.3) is 0 Å². The Labute approximate surface area is 206 Å². The van der Waals surface area contributed by atoms with E-state index in [0.717, 1.165) is 35.1 Å². The molecule has 0 saturated heterocycles. The van der Waals surface area contributed by atoms with Gasteiger partial charge in [-0.3, -0.25) is 4.79 Å². The summed E-state index contributed by atoms with van der Waals surface area (Å²) in [6, 6.07) is 15.3. The summed E-state index contributed by atoms with van der Waals surface area (Å²) >= 11 is 0. The molecule has 1 saturated carbocycles. The van der Waals surface area contributed by atoms with E-state index in [-0.39, 0.29) is 18.4 Å². The molecule has 0 heterocycles. The highest BCUT2D eigenvalue weighted by atomic mass is 16.5. The van der Waals surface area contributed by atoms with Crippen molar-refractivity contribution < 1.29 is 24.2 Å². The summed E-state index contributed by atoms with van der Waals surface area (Å²) in [7, 11) is 1.54. The number of fused-ring (bicyclic) bond motifs is 3. The number of alkyl carbamates (subject to hydrolysis) is 1. The first-order valence-corrected chi connectivity index (χ1v) is 12.4. The number of carboxylic acids is 1. The van der Waals surface area contributed by atoms with Crippen LogP contribution in [-0.2, 0) is 14.3 Å². The minimum atomic E-state index is -1.21. The van der Waals surface area contributed by atoms with Gasteiger partial charge in [-0.25, -0.2) is 9.59 Å². The number of likely N-dealkylation sites (N-methyl/N-ethyl adjacent to an activating group) is 1. The van der Waals surface area contributed by atoms with Crippen LogP contribution in [0.5, 0.6) is 0 Å². The van der Waals surface area contributed by atoms with Crippen LogP contribution in [-0.4, -0.2) is 53.2 Å². The third-order valence-corrected chi connectivity index (χ3v) is 7.44. The zero-order chi connectivity index (χ0) is 25.2. The van der Waals surface area contributed by atoms with E-state index in [0.29, 0.717) is 19.3 Å². The Morgan fingerprint density at radius 3 is 2.09 bits per heavy atom. The van der Waals surface area contributed by atoms with E-state index in [1.807, 2.05) is 50.2 Å². The number of hydrogen-bond donors (Lipinski definition) is 2. The molecule has 0 aromatic heterocycles. The van der Waals surface area contributed by atoms with Crippen LogP contribution in [0.4, 0.5) is 4.79 Å². The second kappa shape index (κ2) is 10.1. The molecule has 2 amide bonds. The zero-order valence-corrected chi connectivity index (χ0v) is 20.6. The lowest BCUT2D eigenvalue weighted by Crippen LogP contribution is -2.59. The van der Waals surface area contributed by atoms with Gasteiger partial charge in [-0.2, -0.15) is 0 Å². The maximum atomic E-state index is 13.4. The fourth-order valence-electron chi connectivity index (χ4n) is 5.57. The highest BCUT2D eigenvalue weighted by Gasteiger charge is 2.48.